The predicted octanol–water partition coefficient (Wildman–Crippen LogP) is 0.150. The predicted molar refractivity (Wildman–Crippen MR) is 66.7 cm³/mol. The second-order valence-electron chi connectivity index (χ2n) is 6.00. The Bertz CT molecular complexity index is 304. The van der Waals surface area contributed by atoms with Gasteiger partial charge < -0.3 is 15.1 Å². The van der Waals surface area contributed by atoms with E-state index in [1.165, 1.54) is 12.8 Å². The third-order valence-corrected chi connectivity index (χ3v) is 4.90. The maximum absolute atomic E-state index is 12.4. The molecule has 3 aliphatic rings. The van der Waals surface area contributed by atoms with Crippen LogP contribution in [0.5, 0.6) is 0 Å². The van der Waals surface area contributed by atoms with Crippen LogP contribution in [0.3, 0.4) is 0 Å². The van der Waals surface area contributed by atoms with Gasteiger partial charge in [0.15, 0.2) is 0 Å². The number of nitrogens with one attached hydrogen (secondary N) is 1. The minimum atomic E-state index is 0.355. The van der Waals surface area contributed by atoms with Crippen LogP contribution in [0.2, 0.25) is 0 Å². The number of hydrogen-bond acceptors (Lipinski definition) is 3. The van der Waals surface area contributed by atoms with E-state index in [2.05, 4.69) is 22.2 Å². The summed E-state index contributed by atoms with van der Waals surface area (Å²) >= 11 is 0. The van der Waals surface area contributed by atoms with Gasteiger partial charge in [0, 0.05) is 32.1 Å². The highest BCUT2D eigenvalue weighted by Gasteiger charge is 2.58. The molecule has 1 aliphatic carbocycles. The molecule has 0 radical (unpaired) electrons. The third kappa shape index (κ3) is 2.08. The maximum Gasteiger partial charge on any atom is 0.226 e. The number of piperazine rings is 1. The molecule has 2 saturated heterocycles. The highest BCUT2D eigenvalue weighted by atomic mass is 16.2. The Hall–Kier alpha value is -0.610. The van der Waals surface area contributed by atoms with Gasteiger partial charge in [-0.05, 0) is 44.8 Å². The number of likely N-dealkylation sites (N-methyl/N-ethyl adjacent to an activating group) is 1. The Morgan fingerprint density at radius 3 is 2.47 bits per heavy atom. The summed E-state index contributed by atoms with van der Waals surface area (Å²) in [5.74, 6) is 0.799. The Labute approximate surface area is 103 Å². The van der Waals surface area contributed by atoms with Gasteiger partial charge in [0.05, 0.1) is 0 Å². The fourth-order valence-corrected chi connectivity index (χ4v) is 3.42. The van der Waals surface area contributed by atoms with E-state index in [0.717, 1.165) is 45.7 Å². The molecule has 1 amide bonds. The lowest BCUT2D eigenvalue weighted by Crippen LogP contribution is -2.48. The zero-order valence-corrected chi connectivity index (χ0v) is 10.7. The Morgan fingerprint density at radius 2 is 1.82 bits per heavy atom. The number of piperidine rings is 1. The molecule has 96 valence electrons. The standard InChI is InChI=1S/C13H23N3O/c1-15-6-8-16(9-7-15)12(17)11-10-13(11)2-4-14-5-3-13/h11,14H,2-10H2,1H3/t11-/m0/s1. The van der Waals surface area contributed by atoms with Crippen LogP contribution >= 0.6 is 0 Å². The topological polar surface area (TPSA) is 35.6 Å². The first-order chi connectivity index (χ1) is 8.21. The average molecular weight is 237 g/mol. The third-order valence-electron chi connectivity index (χ3n) is 4.90. The van der Waals surface area contributed by atoms with E-state index in [9.17, 15) is 4.79 Å². The second kappa shape index (κ2) is 4.25. The number of amides is 1. The molecule has 4 heteroatoms. The van der Waals surface area contributed by atoms with Crippen LogP contribution in [0.1, 0.15) is 19.3 Å². The zero-order valence-electron chi connectivity index (χ0n) is 10.7. The fourth-order valence-electron chi connectivity index (χ4n) is 3.42. The molecule has 0 bridgehead atoms. The number of carbonyl (C=O) groups excluding carboxylic acids is 1. The van der Waals surface area contributed by atoms with Crippen molar-refractivity contribution in [2.75, 3.05) is 46.3 Å². The Morgan fingerprint density at radius 1 is 1.18 bits per heavy atom. The molecule has 3 rings (SSSR count). The minimum Gasteiger partial charge on any atom is -0.340 e. The molecule has 1 spiro atoms. The van der Waals surface area contributed by atoms with E-state index in [1.807, 2.05) is 0 Å². The summed E-state index contributed by atoms with van der Waals surface area (Å²) in [6.07, 6.45) is 3.56. The molecular weight excluding hydrogens is 214 g/mol. The summed E-state index contributed by atoms with van der Waals surface area (Å²) in [5.41, 5.74) is 0.395. The molecule has 0 aromatic heterocycles. The lowest BCUT2D eigenvalue weighted by Gasteiger charge is -2.33. The molecule has 1 atom stereocenters. The lowest BCUT2D eigenvalue weighted by atomic mass is 9.91. The smallest absolute Gasteiger partial charge is 0.226 e. The fraction of sp³-hybridized carbons (Fsp3) is 0.923. The van der Waals surface area contributed by atoms with E-state index in [1.54, 1.807) is 0 Å². The van der Waals surface area contributed by atoms with Crippen molar-refractivity contribution >= 4 is 5.91 Å². The van der Waals surface area contributed by atoms with Gasteiger partial charge in [0.1, 0.15) is 0 Å². The monoisotopic (exact) mass is 237 g/mol. The van der Waals surface area contributed by atoms with Crippen LogP contribution in [0.4, 0.5) is 0 Å². The van der Waals surface area contributed by atoms with E-state index in [0.29, 0.717) is 17.2 Å². The first-order valence-corrected chi connectivity index (χ1v) is 6.89. The number of nitrogens with zero attached hydrogens (tertiary/aromatic N) is 2. The van der Waals surface area contributed by atoms with Crippen LogP contribution < -0.4 is 5.32 Å². The highest BCUT2D eigenvalue weighted by Crippen LogP contribution is 2.59. The van der Waals surface area contributed by atoms with E-state index in [-0.39, 0.29) is 0 Å². The summed E-state index contributed by atoms with van der Waals surface area (Å²) in [4.78, 5) is 16.8. The molecule has 0 unspecified atom stereocenters. The molecular formula is C13H23N3O. The number of carbonyl (C=O) groups is 1. The van der Waals surface area contributed by atoms with Gasteiger partial charge in [-0.25, -0.2) is 0 Å². The molecule has 1 saturated carbocycles. The van der Waals surface area contributed by atoms with Crippen molar-refractivity contribution in [2.24, 2.45) is 11.3 Å². The van der Waals surface area contributed by atoms with E-state index in [4.69, 9.17) is 0 Å². The van der Waals surface area contributed by atoms with Crippen molar-refractivity contribution in [1.29, 1.82) is 0 Å². The Balaban J connectivity index is 1.57. The summed E-state index contributed by atoms with van der Waals surface area (Å²) < 4.78 is 0. The summed E-state index contributed by atoms with van der Waals surface area (Å²) in [7, 11) is 2.13. The van der Waals surface area contributed by atoms with Gasteiger partial charge in [0.25, 0.3) is 0 Å². The van der Waals surface area contributed by atoms with Crippen LogP contribution in [0.15, 0.2) is 0 Å². The van der Waals surface area contributed by atoms with Crippen molar-refractivity contribution in [3.05, 3.63) is 0 Å². The van der Waals surface area contributed by atoms with Crippen molar-refractivity contribution in [2.45, 2.75) is 19.3 Å². The molecule has 0 aromatic carbocycles. The minimum absolute atomic E-state index is 0.355. The lowest BCUT2D eigenvalue weighted by molar-refractivity contribution is -0.135. The number of hydrogen-bond donors (Lipinski definition) is 1. The molecule has 0 aromatic rings. The van der Waals surface area contributed by atoms with Crippen LogP contribution in [-0.2, 0) is 4.79 Å². The number of rotatable bonds is 1. The van der Waals surface area contributed by atoms with E-state index < -0.39 is 0 Å². The molecule has 1 N–H and O–H groups in total. The SMILES string of the molecule is CN1CCN(C(=O)[C@@H]2CC23CCNCC3)CC1. The van der Waals surface area contributed by atoms with Gasteiger partial charge in [-0.2, -0.15) is 0 Å². The molecule has 3 fully saturated rings. The normalized spacial score (nSPS) is 32.8. The van der Waals surface area contributed by atoms with Crippen LogP contribution in [0.25, 0.3) is 0 Å². The highest BCUT2D eigenvalue weighted by molar-refractivity contribution is 5.82. The zero-order chi connectivity index (χ0) is 11.9. The van der Waals surface area contributed by atoms with Crippen LogP contribution in [0, 0.1) is 11.3 Å². The molecule has 2 aliphatic heterocycles. The first-order valence-electron chi connectivity index (χ1n) is 6.89. The largest absolute Gasteiger partial charge is 0.340 e. The van der Waals surface area contributed by atoms with Gasteiger partial charge in [-0.15, -0.1) is 0 Å². The summed E-state index contributed by atoms with van der Waals surface area (Å²) in [5, 5.41) is 3.39. The van der Waals surface area contributed by atoms with Crippen molar-refractivity contribution < 1.29 is 4.79 Å². The van der Waals surface area contributed by atoms with Gasteiger partial charge >= 0.3 is 0 Å². The van der Waals surface area contributed by atoms with Crippen molar-refractivity contribution in [3.8, 4) is 0 Å². The quantitative estimate of drug-likeness (QED) is 0.705. The summed E-state index contributed by atoms with van der Waals surface area (Å²) in [6.45, 7) is 6.14. The second-order valence-corrected chi connectivity index (χ2v) is 6.00. The van der Waals surface area contributed by atoms with Gasteiger partial charge in [0.2, 0.25) is 5.91 Å². The maximum atomic E-state index is 12.4. The van der Waals surface area contributed by atoms with E-state index >= 15 is 0 Å². The van der Waals surface area contributed by atoms with Gasteiger partial charge in [-0.1, -0.05) is 0 Å². The Kier molecular flexibility index (Phi) is 2.87. The van der Waals surface area contributed by atoms with Gasteiger partial charge in [-0.3, -0.25) is 4.79 Å². The molecule has 2 heterocycles. The summed E-state index contributed by atoms with van der Waals surface area (Å²) in [6, 6.07) is 0. The van der Waals surface area contributed by atoms with Crippen molar-refractivity contribution in [1.82, 2.24) is 15.1 Å². The average Bonchev–Trinajstić information content (AvgIpc) is 3.04. The molecule has 4 nitrogen and oxygen atoms in total. The van der Waals surface area contributed by atoms with Crippen LogP contribution in [-0.4, -0.2) is 62.0 Å². The first kappa shape index (κ1) is 11.5. The van der Waals surface area contributed by atoms with Crippen molar-refractivity contribution in [3.63, 3.8) is 0 Å². The molecule has 17 heavy (non-hydrogen) atoms.